The van der Waals surface area contributed by atoms with Gasteiger partial charge in [0.05, 0.1) is 18.8 Å². The summed E-state index contributed by atoms with van der Waals surface area (Å²) >= 11 is 0. The van der Waals surface area contributed by atoms with E-state index in [9.17, 15) is 15.0 Å². The van der Waals surface area contributed by atoms with Crippen LogP contribution in [0.2, 0.25) is 0 Å². The number of amides is 1. The number of carbonyl (C=O) groups is 1. The summed E-state index contributed by atoms with van der Waals surface area (Å²) in [5, 5.41) is 22.3. The third-order valence-corrected chi connectivity index (χ3v) is 5.35. The van der Waals surface area contributed by atoms with Crippen LogP contribution >= 0.6 is 0 Å². The quantitative estimate of drug-likeness (QED) is 0.138. The van der Waals surface area contributed by atoms with Crippen molar-refractivity contribution in [3.63, 3.8) is 0 Å². The lowest BCUT2D eigenvalue weighted by atomic mass is 10.0. The van der Waals surface area contributed by atoms with Crippen molar-refractivity contribution in [1.82, 2.24) is 5.32 Å². The average Bonchev–Trinajstić information content (AvgIpc) is 2.79. The van der Waals surface area contributed by atoms with Crippen LogP contribution < -0.4 is 5.32 Å². The molecule has 32 heavy (non-hydrogen) atoms. The molecule has 0 aliphatic rings. The number of aliphatic hydroxyl groups is 2. The molecule has 1 amide bonds. The van der Waals surface area contributed by atoms with Crippen LogP contribution in [0.3, 0.4) is 0 Å². The fourth-order valence-corrected chi connectivity index (χ4v) is 3.35. The lowest BCUT2D eigenvalue weighted by molar-refractivity contribution is -0.123. The first-order valence-electron chi connectivity index (χ1n) is 12.8. The minimum atomic E-state index is -0.665. The molecule has 0 rings (SSSR count). The number of hydrogen-bond acceptors (Lipinski definition) is 3. The maximum absolute atomic E-state index is 12.0. The van der Waals surface area contributed by atoms with Crippen molar-refractivity contribution < 1.29 is 15.0 Å². The number of nitrogens with one attached hydrogen (secondary N) is 1. The molecule has 184 valence electrons. The maximum Gasteiger partial charge on any atom is 0.220 e. The Bertz CT molecular complexity index is 537. The Morgan fingerprint density at radius 3 is 1.97 bits per heavy atom. The summed E-state index contributed by atoms with van der Waals surface area (Å²) in [6, 6.07) is -0.544. The Morgan fingerprint density at radius 2 is 1.38 bits per heavy atom. The second-order valence-electron chi connectivity index (χ2n) is 8.37. The molecule has 0 fully saturated rings. The van der Waals surface area contributed by atoms with E-state index in [4.69, 9.17) is 0 Å². The Kier molecular flexibility index (Phi) is 22.8. The first-order valence-corrected chi connectivity index (χ1v) is 12.8. The number of unbranched alkanes of at least 4 members (excludes halogenated alkanes) is 6. The van der Waals surface area contributed by atoms with Crippen LogP contribution in [0, 0.1) is 0 Å². The first-order chi connectivity index (χ1) is 15.7. The van der Waals surface area contributed by atoms with Gasteiger partial charge in [0.2, 0.25) is 5.91 Å². The fraction of sp³-hybridized carbons (Fsp3) is 0.679. The molecule has 0 aliphatic carbocycles. The molecule has 0 aliphatic heterocycles. The standard InChI is InChI=1S/C28H49NO3/c1-3-5-7-8-9-10-11-12-13-14-15-16-17-18-19-20-22-24-28(32)29-26(25-30)27(31)23-21-6-4-2/h5,7,9-10,12-13,15-16,26-27,30-31H,3-4,6,8,11,14,17-25H2,1-2H3,(H,29,32)/b7-5-,10-9-,13-12-,16-15-. The van der Waals surface area contributed by atoms with E-state index in [2.05, 4.69) is 67.8 Å². The molecule has 2 atom stereocenters. The normalized spacial score (nSPS) is 14.2. The maximum atomic E-state index is 12.0. The highest BCUT2D eigenvalue weighted by Gasteiger charge is 2.19. The van der Waals surface area contributed by atoms with Crippen LogP contribution in [-0.4, -0.2) is 34.9 Å². The number of rotatable bonds is 21. The van der Waals surface area contributed by atoms with Crippen molar-refractivity contribution in [3.05, 3.63) is 48.6 Å². The Hall–Kier alpha value is -1.65. The van der Waals surface area contributed by atoms with Gasteiger partial charge in [0, 0.05) is 6.42 Å². The highest BCUT2D eigenvalue weighted by molar-refractivity contribution is 5.76. The van der Waals surface area contributed by atoms with Crippen LogP contribution in [0.5, 0.6) is 0 Å². The molecule has 0 heterocycles. The third-order valence-electron chi connectivity index (χ3n) is 5.35. The van der Waals surface area contributed by atoms with E-state index in [1.54, 1.807) is 0 Å². The molecule has 4 nitrogen and oxygen atoms in total. The van der Waals surface area contributed by atoms with Gasteiger partial charge in [0.25, 0.3) is 0 Å². The molecular formula is C28H49NO3. The highest BCUT2D eigenvalue weighted by atomic mass is 16.3. The van der Waals surface area contributed by atoms with Gasteiger partial charge in [-0.15, -0.1) is 0 Å². The van der Waals surface area contributed by atoms with E-state index in [-0.39, 0.29) is 12.5 Å². The molecule has 0 radical (unpaired) electrons. The largest absolute Gasteiger partial charge is 0.394 e. The van der Waals surface area contributed by atoms with Gasteiger partial charge in [-0.3, -0.25) is 4.79 Å². The molecule has 0 aromatic rings. The fourth-order valence-electron chi connectivity index (χ4n) is 3.35. The Balaban J connectivity index is 3.66. The third kappa shape index (κ3) is 20.3. The molecule has 0 saturated heterocycles. The van der Waals surface area contributed by atoms with E-state index >= 15 is 0 Å². The molecule has 0 aromatic heterocycles. The number of aliphatic hydroxyl groups excluding tert-OH is 2. The molecule has 0 spiro atoms. The Morgan fingerprint density at radius 1 is 0.781 bits per heavy atom. The van der Waals surface area contributed by atoms with Crippen LogP contribution in [-0.2, 0) is 4.79 Å². The van der Waals surface area contributed by atoms with Gasteiger partial charge in [0.1, 0.15) is 0 Å². The number of allylic oxidation sites excluding steroid dienone is 8. The molecule has 0 bridgehead atoms. The molecule has 2 unspecified atom stereocenters. The van der Waals surface area contributed by atoms with Gasteiger partial charge < -0.3 is 15.5 Å². The van der Waals surface area contributed by atoms with Crippen molar-refractivity contribution in [2.45, 2.75) is 116 Å². The van der Waals surface area contributed by atoms with Gasteiger partial charge in [-0.1, -0.05) is 94.6 Å². The van der Waals surface area contributed by atoms with Gasteiger partial charge >= 0.3 is 0 Å². The van der Waals surface area contributed by atoms with E-state index in [1.165, 1.54) is 0 Å². The smallest absolute Gasteiger partial charge is 0.220 e. The average molecular weight is 448 g/mol. The summed E-state index contributed by atoms with van der Waals surface area (Å²) < 4.78 is 0. The zero-order valence-electron chi connectivity index (χ0n) is 20.7. The van der Waals surface area contributed by atoms with Crippen LogP contribution in [0.15, 0.2) is 48.6 Å². The van der Waals surface area contributed by atoms with Gasteiger partial charge in [-0.2, -0.15) is 0 Å². The summed E-state index contributed by atoms with van der Waals surface area (Å²) in [4.78, 5) is 12.0. The summed E-state index contributed by atoms with van der Waals surface area (Å²) in [6.07, 6.45) is 30.5. The van der Waals surface area contributed by atoms with Crippen molar-refractivity contribution in [2.75, 3.05) is 6.61 Å². The first kappa shape index (κ1) is 30.4. The van der Waals surface area contributed by atoms with Crippen molar-refractivity contribution in [1.29, 1.82) is 0 Å². The highest BCUT2D eigenvalue weighted by Crippen LogP contribution is 2.09. The zero-order valence-corrected chi connectivity index (χ0v) is 20.7. The predicted molar refractivity (Wildman–Crippen MR) is 138 cm³/mol. The molecule has 0 saturated carbocycles. The minimum absolute atomic E-state index is 0.0717. The predicted octanol–water partition coefficient (Wildman–Crippen LogP) is 6.55. The zero-order chi connectivity index (χ0) is 23.7. The lowest BCUT2D eigenvalue weighted by Crippen LogP contribution is -2.45. The summed E-state index contributed by atoms with van der Waals surface area (Å²) in [5.74, 6) is -0.0717. The van der Waals surface area contributed by atoms with Gasteiger partial charge in [-0.25, -0.2) is 0 Å². The van der Waals surface area contributed by atoms with Crippen LogP contribution in [0.1, 0.15) is 104 Å². The molecule has 4 heteroatoms. The summed E-state index contributed by atoms with van der Waals surface area (Å²) in [6.45, 7) is 4.05. The van der Waals surface area contributed by atoms with Gasteiger partial charge in [-0.05, 0) is 51.4 Å². The number of carbonyl (C=O) groups excluding carboxylic acids is 1. The second kappa shape index (κ2) is 24.0. The van der Waals surface area contributed by atoms with E-state index in [0.29, 0.717) is 12.8 Å². The minimum Gasteiger partial charge on any atom is -0.394 e. The summed E-state index contributed by atoms with van der Waals surface area (Å²) in [7, 11) is 0. The topological polar surface area (TPSA) is 69.6 Å². The van der Waals surface area contributed by atoms with Crippen molar-refractivity contribution in [3.8, 4) is 0 Å². The second-order valence-corrected chi connectivity index (χ2v) is 8.37. The lowest BCUT2D eigenvalue weighted by Gasteiger charge is -2.22. The van der Waals surface area contributed by atoms with Crippen molar-refractivity contribution >= 4 is 5.91 Å². The molecular weight excluding hydrogens is 398 g/mol. The van der Waals surface area contributed by atoms with Crippen molar-refractivity contribution in [2.24, 2.45) is 0 Å². The van der Waals surface area contributed by atoms with Gasteiger partial charge in [0.15, 0.2) is 0 Å². The molecule has 3 N–H and O–H groups in total. The van der Waals surface area contributed by atoms with Crippen LogP contribution in [0.4, 0.5) is 0 Å². The monoisotopic (exact) mass is 447 g/mol. The Labute approximate surface area is 197 Å². The SMILES string of the molecule is CC/C=C\C/C=C\C/C=C\C/C=C\CCCCCCC(=O)NC(CO)C(O)CCCCC. The summed E-state index contributed by atoms with van der Waals surface area (Å²) in [5.41, 5.74) is 0. The van der Waals surface area contributed by atoms with E-state index < -0.39 is 12.1 Å². The van der Waals surface area contributed by atoms with E-state index in [1.807, 2.05) is 0 Å². The number of hydrogen-bond donors (Lipinski definition) is 3. The molecule has 0 aromatic carbocycles. The van der Waals surface area contributed by atoms with E-state index in [0.717, 1.165) is 77.0 Å². The van der Waals surface area contributed by atoms with Crippen LogP contribution in [0.25, 0.3) is 0 Å².